The normalized spacial score (nSPS) is 16.7. The molecule has 4 rings (SSSR count). The van der Waals surface area contributed by atoms with Crippen molar-refractivity contribution < 1.29 is 27.4 Å². The number of benzene rings is 2. The number of alkyl halides is 3. The Labute approximate surface area is 183 Å². The van der Waals surface area contributed by atoms with Gasteiger partial charge in [-0.1, -0.05) is 18.2 Å². The number of carbonyl (C=O) groups excluding carboxylic acids is 1. The van der Waals surface area contributed by atoms with Gasteiger partial charge in [-0.25, -0.2) is 0 Å². The summed E-state index contributed by atoms with van der Waals surface area (Å²) >= 11 is 0. The summed E-state index contributed by atoms with van der Waals surface area (Å²) in [6, 6.07) is 15.6. The van der Waals surface area contributed by atoms with Gasteiger partial charge in [0.05, 0.1) is 31.0 Å². The van der Waals surface area contributed by atoms with E-state index in [0.29, 0.717) is 43.1 Å². The van der Waals surface area contributed by atoms with Crippen LogP contribution in [0, 0.1) is 0 Å². The number of carbonyl (C=O) groups is 1. The zero-order chi connectivity index (χ0) is 22.6. The smallest absolute Gasteiger partial charge is 0.416 e. The van der Waals surface area contributed by atoms with Gasteiger partial charge in [0.2, 0.25) is 0 Å². The van der Waals surface area contributed by atoms with Gasteiger partial charge in [0.15, 0.2) is 0 Å². The number of halogens is 3. The first kappa shape index (κ1) is 21.9. The van der Waals surface area contributed by atoms with Crippen LogP contribution < -0.4 is 4.74 Å². The van der Waals surface area contributed by atoms with Gasteiger partial charge in [0.25, 0.3) is 5.91 Å². The van der Waals surface area contributed by atoms with Gasteiger partial charge >= 0.3 is 6.18 Å². The standard InChI is InChI=1S/C23H22F3N3O3/c24-23(25,26)17-6-8-19(9-7-17)31-12-10-18-14-20(28-27-18)21-15-29(11-13-32-21)22(30)16-4-2-1-3-5-16/h1-9,14,21H,10-13,15H2,(H,27,28)/t21-/m1/s1. The molecule has 9 heteroatoms. The van der Waals surface area contributed by atoms with E-state index in [-0.39, 0.29) is 18.6 Å². The molecule has 1 N–H and O–H groups in total. The third-order valence-electron chi connectivity index (χ3n) is 5.18. The molecule has 1 amide bonds. The number of morpholine rings is 1. The van der Waals surface area contributed by atoms with E-state index < -0.39 is 11.7 Å². The monoisotopic (exact) mass is 445 g/mol. The Morgan fingerprint density at radius 2 is 1.91 bits per heavy atom. The summed E-state index contributed by atoms with van der Waals surface area (Å²) in [5.41, 5.74) is 1.42. The molecule has 1 saturated heterocycles. The highest BCUT2D eigenvalue weighted by Crippen LogP contribution is 2.30. The summed E-state index contributed by atoms with van der Waals surface area (Å²) in [5, 5.41) is 7.23. The van der Waals surface area contributed by atoms with E-state index in [1.54, 1.807) is 17.0 Å². The van der Waals surface area contributed by atoms with Crippen LogP contribution in [0.15, 0.2) is 60.7 Å². The zero-order valence-electron chi connectivity index (χ0n) is 17.1. The molecule has 0 saturated carbocycles. The van der Waals surface area contributed by atoms with Crippen molar-refractivity contribution in [2.24, 2.45) is 0 Å². The number of hydrogen-bond acceptors (Lipinski definition) is 4. The molecule has 0 aliphatic carbocycles. The highest BCUT2D eigenvalue weighted by Gasteiger charge is 2.30. The molecule has 1 fully saturated rings. The maximum atomic E-state index is 12.7. The van der Waals surface area contributed by atoms with E-state index in [9.17, 15) is 18.0 Å². The fourth-order valence-electron chi connectivity index (χ4n) is 3.47. The third kappa shape index (κ3) is 5.28. The Bertz CT molecular complexity index is 1040. The fraction of sp³-hybridized carbons (Fsp3) is 0.304. The van der Waals surface area contributed by atoms with Gasteiger partial charge in [0, 0.05) is 24.2 Å². The number of aromatic nitrogens is 2. The van der Waals surface area contributed by atoms with Gasteiger partial charge in [-0.15, -0.1) is 0 Å². The molecule has 0 bridgehead atoms. The van der Waals surface area contributed by atoms with E-state index in [4.69, 9.17) is 9.47 Å². The summed E-state index contributed by atoms with van der Waals surface area (Å²) in [6.07, 6.45) is -4.21. The molecule has 6 nitrogen and oxygen atoms in total. The van der Waals surface area contributed by atoms with Gasteiger partial charge in [-0.2, -0.15) is 18.3 Å². The van der Waals surface area contributed by atoms with E-state index >= 15 is 0 Å². The van der Waals surface area contributed by atoms with Crippen molar-refractivity contribution in [2.45, 2.75) is 18.7 Å². The topological polar surface area (TPSA) is 67.5 Å². The van der Waals surface area contributed by atoms with Gasteiger partial charge in [-0.05, 0) is 42.5 Å². The van der Waals surface area contributed by atoms with Crippen molar-refractivity contribution in [3.63, 3.8) is 0 Å². The Kier molecular flexibility index (Phi) is 6.45. The average Bonchev–Trinajstić information content (AvgIpc) is 3.28. The molecule has 1 aliphatic rings. The SMILES string of the molecule is O=C(c1ccccc1)N1CCO[C@@H](c2cc(CCOc3ccc(C(F)(F)F)cc3)[nH]n2)C1. The maximum absolute atomic E-state index is 12.7. The number of amides is 1. The Balaban J connectivity index is 1.30. The van der Waals surface area contributed by atoms with Crippen molar-refractivity contribution in [1.29, 1.82) is 0 Å². The summed E-state index contributed by atoms with van der Waals surface area (Å²) < 4.78 is 49.2. The van der Waals surface area contributed by atoms with Gasteiger partial charge < -0.3 is 14.4 Å². The summed E-state index contributed by atoms with van der Waals surface area (Å²) in [6.45, 7) is 1.61. The number of nitrogens with one attached hydrogen (secondary N) is 1. The number of hydrogen-bond donors (Lipinski definition) is 1. The van der Waals surface area contributed by atoms with E-state index in [1.165, 1.54) is 12.1 Å². The fourth-order valence-corrected chi connectivity index (χ4v) is 3.47. The van der Waals surface area contributed by atoms with Crippen molar-refractivity contribution in [3.8, 4) is 5.75 Å². The predicted molar refractivity (Wildman–Crippen MR) is 110 cm³/mol. The molecule has 168 valence electrons. The minimum Gasteiger partial charge on any atom is -0.493 e. The molecule has 0 radical (unpaired) electrons. The number of rotatable bonds is 6. The van der Waals surface area contributed by atoms with E-state index in [2.05, 4.69) is 10.2 Å². The molecule has 0 spiro atoms. The van der Waals surface area contributed by atoms with Crippen LogP contribution in [0.1, 0.15) is 33.4 Å². The molecule has 1 aromatic heterocycles. The van der Waals surface area contributed by atoms with Crippen LogP contribution in [0.5, 0.6) is 5.75 Å². The number of nitrogens with zero attached hydrogens (tertiary/aromatic N) is 2. The number of aromatic amines is 1. The first-order valence-corrected chi connectivity index (χ1v) is 10.2. The number of ether oxygens (including phenoxy) is 2. The summed E-state index contributed by atoms with van der Waals surface area (Å²) in [7, 11) is 0. The van der Waals surface area contributed by atoms with Crippen LogP contribution in [0.3, 0.4) is 0 Å². The molecule has 1 atom stereocenters. The maximum Gasteiger partial charge on any atom is 0.416 e. The highest BCUT2D eigenvalue weighted by molar-refractivity contribution is 5.94. The average molecular weight is 445 g/mol. The third-order valence-corrected chi connectivity index (χ3v) is 5.18. The Morgan fingerprint density at radius 3 is 2.62 bits per heavy atom. The minimum atomic E-state index is -4.37. The number of H-pyrrole nitrogens is 1. The lowest BCUT2D eigenvalue weighted by Crippen LogP contribution is -2.42. The van der Waals surface area contributed by atoms with Crippen LogP contribution in [-0.2, 0) is 17.3 Å². The molecule has 1 aliphatic heterocycles. The van der Waals surface area contributed by atoms with Gasteiger partial charge in [-0.3, -0.25) is 9.89 Å². The Hall–Kier alpha value is -3.33. The molecule has 3 aromatic rings. The van der Waals surface area contributed by atoms with Crippen molar-refractivity contribution in [3.05, 3.63) is 83.2 Å². The van der Waals surface area contributed by atoms with Crippen LogP contribution in [-0.4, -0.2) is 47.3 Å². The lowest BCUT2D eigenvalue weighted by atomic mass is 10.1. The molecular formula is C23H22F3N3O3. The lowest BCUT2D eigenvalue weighted by Gasteiger charge is -2.32. The second-order valence-corrected chi connectivity index (χ2v) is 7.42. The van der Waals surface area contributed by atoms with Crippen molar-refractivity contribution >= 4 is 5.91 Å². The first-order chi connectivity index (χ1) is 15.4. The quantitative estimate of drug-likeness (QED) is 0.616. The highest BCUT2D eigenvalue weighted by atomic mass is 19.4. The molecule has 32 heavy (non-hydrogen) atoms. The summed E-state index contributed by atoms with van der Waals surface area (Å²) in [5.74, 6) is 0.322. The van der Waals surface area contributed by atoms with E-state index in [1.807, 2.05) is 24.3 Å². The van der Waals surface area contributed by atoms with E-state index in [0.717, 1.165) is 17.8 Å². The molecule has 0 unspecified atom stereocenters. The predicted octanol–water partition coefficient (Wildman–Crippen LogP) is 4.26. The molecule has 2 aromatic carbocycles. The van der Waals surface area contributed by atoms with Gasteiger partial charge in [0.1, 0.15) is 11.9 Å². The van der Waals surface area contributed by atoms with Crippen LogP contribution in [0.4, 0.5) is 13.2 Å². The van der Waals surface area contributed by atoms with Crippen molar-refractivity contribution in [2.75, 3.05) is 26.3 Å². The zero-order valence-corrected chi connectivity index (χ0v) is 17.1. The first-order valence-electron chi connectivity index (χ1n) is 10.2. The van der Waals surface area contributed by atoms with Crippen LogP contribution in [0.25, 0.3) is 0 Å². The second-order valence-electron chi connectivity index (χ2n) is 7.42. The van der Waals surface area contributed by atoms with Crippen LogP contribution >= 0.6 is 0 Å². The largest absolute Gasteiger partial charge is 0.493 e. The molecular weight excluding hydrogens is 423 g/mol. The Morgan fingerprint density at radius 1 is 1.16 bits per heavy atom. The lowest BCUT2D eigenvalue weighted by molar-refractivity contribution is -0.137. The molecule has 2 heterocycles. The van der Waals surface area contributed by atoms with Crippen LogP contribution in [0.2, 0.25) is 0 Å². The minimum absolute atomic E-state index is 0.0420. The summed E-state index contributed by atoms with van der Waals surface area (Å²) in [4.78, 5) is 14.5. The van der Waals surface area contributed by atoms with Crippen molar-refractivity contribution in [1.82, 2.24) is 15.1 Å². The second kappa shape index (κ2) is 9.44.